The van der Waals surface area contributed by atoms with Crippen molar-refractivity contribution < 1.29 is 0 Å². The first-order valence-corrected chi connectivity index (χ1v) is 6.47. The highest BCUT2D eigenvalue weighted by Crippen LogP contribution is 2.27. The van der Waals surface area contributed by atoms with Crippen LogP contribution in [0.2, 0.25) is 0 Å². The molecule has 1 aromatic carbocycles. The highest BCUT2D eigenvalue weighted by molar-refractivity contribution is 7.80. The molecule has 98 valence electrons. The van der Waals surface area contributed by atoms with E-state index in [4.69, 9.17) is 18.0 Å². The fourth-order valence-corrected chi connectivity index (χ4v) is 2.31. The number of aromatic nitrogens is 1. The Kier molecular flexibility index (Phi) is 3.81. The van der Waals surface area contributed by atoms with Gasteiger partial charge in [-0.2, -0.15) is 0 Å². The Balaban J connectivity index is 2.53. The van der Waals surface area contributed by atoms with Gasteiger partial charge in [0.15, 0.2) is 0 Å². The van der Waals surface area contributed by atoms with Crippen LogP contribution >= 0.6 is 12.2 Å². The number of pyridine rings is 1. The topological polar surface area (TPSA) is 42.2 Å². The smallest absolute Gasteiger partial charge is 0.143 e. The average Bonchev–Trinajstić information content (AvgIpc) is 2.37. The largest absolute Gasteiger partial charge is 0.389 e. The Labute approximate surface area is 119 Å². The molecular formula is C15H17N3S. The molecule has 0 bridgehead atoms. The van der Waals surface area contributed by atoms with Crippen molar-refractivity contribution >= 4 is 28.7 Å². The van der Waals surface area contributed by atoms with E-state index in [2.05, 4.69) is 24.0 Å². The number of hydrogen-bond acceptors (Lipinski definition) is 3. The van der Waals surface area contributed by atoms with Gasteiger partial charge in [0.25, 0.3) is 0 Å². The number of thiocarbonyl (C=S) groups is 1. The monoisotopic (exact) mass is 271 g/mol. The lowest BCUT2D eigenvalue weighted by atomic mass is 10.1. The molecule has 0 amide bonds. The summed E-state index contributed by atoms with van der Waals surface area (Å²) in [7, 11) is 1.97. The third-order valence-corrected chi connectivity index (χ3v) is 3.30. The lowest BCUT2D eigenvalue weighted by Crippen LogP contribution is -2.20. The minimum absolute atomic E-state index is 0.375. The molecule has 0 atom stereocenters. The van der Waals surface area contributed by atoms with E-state index in [1.807, 2.05) is 37.1 Å². The van der Waals surface area contributed by atoms with Crippen molar-refractivity contribution in [1.29, 1.82) is 0 Å². The van der Waals surface area contributed by atoms with Crippen LogP contribution in [0.15, 0.2) is 36.5 Å². The molecule has 4 heteroatoms. The molecule has 0 fully saturated rings. The number of nitrogens with two attached hydrogens (primary N) is 1. The summed E-state index contributed by atoms with van der Waals surface area (Å²) in [4.78, 5) is 6.81. The van der Waals surface area contributed by atoms with E-state index in [9.17, 15) is 0 Å². The van der Waals surface area contributed by atoms with Gasteiger partial charge in [-0.05, 0) is 43.2 Å². The van der Waals surface area contributed by atoms with E-state index in [1.54, 1.807) is 6.20 Å². The van der Waals surface area contributed by atoms with E-state index in [0.29, 0.717) is 4.99 Å². The third-order valence-electron chi connectivity index (χ3n) is 3.09. The van der Waals surface area contributed by atoms with Gasteiger partial charge in [-0.25, -0.2) is 4.98 Å². The van der Waals surface area contributed by atoms with Gasteiger partial charge in [0.1, 0.15) is 10.8 Å². The summed E-state index contributed by atoms with van der Waals surface area (Å²) in [6.07, 6.45) is 1.78. The van der Waals surface area contributed by atoms with Crippen LogP contribution < -0.4 is 10.6 Å². The first kappa shape index (κ1) is 13.5. The Morgan fingerprint density at radius 2 is 2.00 bits per heavy atom. The van der Waals surface area contributed by atoms with Crippen LogP contribution in [0.1, 0.15) is 16.7 Å². The van der Waals surface area contributed by atoms with Crippen LogP contribution in [0.5, 0.6) is 0 Å². The van der Waals surface area contributed by atoms with Gasteiger partial charge in [0.2, 0.25) is 0 Å². The first-order chi connectivity index (χ1) is 9.00. The second-order valence-corrected chi connectivity index (χ2v) is 5.03. The zero-order valence-corrected chi connectivity index (χ0v) is 12.2. The van der Waals surface area contributed by atoms with Gasteiger partial charge in [-0.3, -0.25) is 0 Å². The molecule has 2 N–H and O–H groups in total. The van der Waals surface area contributed by atoms with Crippen LogP contribution in [0.25, 0.3) is 0 Å². The molecule has 2 rings (SSSR count). The van der Waals surface area contributed by atoms with Gasteiger partial charge in [-0.15, -0.1) is 0 Å². The highest BCUT2D eigenvalue weighted by atomic mass is 32.1. The van der Waals surface area contributed by atoms with Crippen LogP contribution in [-0.2, 0) is 0 Å². The zero-order valence-electron chi connectivity index (χ0n) is 11.3. The Hall–Kier alpha value is -1.94. The first-order valence-electron chi connectivity index (χ1n) is 6.06. The number of benzene rings is 1. The molecule has 3 nitrogen and oxygen atoms in total. The molecule has 2 aromatic rings. The molecule has 0 aliphatic carbocycles. The molecule has 0 radical (unpaired) electrons. The lowest BCUT2D eigenvalue weighted by Gasteiger charge is -2.22. The van der Waals surface area contributed by atoms with Gasteiger partial charge < -0.3 is 10.6 Å². The van der Waals surface area contributed by atoms with Crippen molar-refractivity contribution in [2.45, 2.75) is 13.8 Å². The summed E-state index contributed by atoms with van der Waals surface area (Å²) in [5, 5.41) is 0. The molecule has 1 aromatic heterocycles. The summed E-state index contributed by atoms with van der Waals surface area (Å²) < 4.78 is 0. The summed E-state index contributed by atoms with van der Waals surface area (Å²) in [6, 6.07) is 10.2. The van der Waals surface area contributed by atoms with E-state index in [-0.39, 0.29) is 0 Å². The maximum Gasteiger partial charge on any atom is 0.143 e. The van der Waals surface area contributed by atoms with Crippen molar-refractivity contribution in [1.82, 2.24) is 4.98 Å². The molecule has 0 spiro atoms. The summed E-state index contributed by atoms with van der Waals surface area (Å²) in [6.45, 7) is 4.05. The maximum atomic E-state index is 5.83. The number of rotatable bonds is 3. The van der Waals surface area contributed by atoms with Crippen molar-refractivity contribution in [3.63, 3.8) is 0 Å². The molecule has 0 unspecified atom stereocenters. The van der Waals surface area contributed by atoms with Gasteiger partial charge in [0, 0.05) is 18.9 Å². The Bertz CT molecular complexity index is 623. The molecule has 0 aliphatic heterocycles. The SMILES string of the molecule is Cc1cccc(N(C)c2nccc(C)c2C(N)=S)c1. The standard InChI is InChI=1S/C15H17N3S/c1-10-5-4-6-12(9-10)18(3)15-13(14(16)19)11(2)7-8-17-15/h4-9H,1-3H3,(H2,16,19). The maximum absolute atomic E-state index is 5.83. The van der Waals surface area contributed by atoms with Crippen molar-refractivity contribution in [2.75, 3.05) is 11.9 Å². The van der Waals surface area contributed by atoms with Crippen molar-refractivity contribution in [3.05, 3.63) is 53.2 Å². The van der Waals surface area contributed by atoms with Gasteiger partial charge >= 0.3 is 0 Å². The fraction of sp³-hybridized carbons (Fsp3) is 0.200. The molecule has 0 saturated carbocycles. The zero-order chi connectivity index (χ0) is 14.0. The van der Waals surface area contributed by atoms with Crippen molar-refractivity contribution in [2.24, 2.45) is 5.73 Å². The summed E-state index contributed by atoms with van der Waals surface area (Å²) >= 11 is 5.14. The third kappa shape index (κ3) is 2.74. The normalized spacial score (nSPS) is 10.3. The number of aryl methyl sites for hydroxylation is 2. The second-order valence-electron chi connectivity index (χ2n) is 4.59. The number of anilines is 2. The van der Waals surface area contributed by atoms with E-state index >= 15 is 0 Å². The molecule has 19 heavy (non-hydrogen) atoms. The fourth-order valence-electron chi connectivity index (χ4n) is 2.06. The highest BCUT2D eigenvalue weighted by Gasteiger charge is 2.14. The Morgan fingerprint density at radius 3 is 2.63 bits per heavy atom. The molecule has 1 heterocycles. The second kappa shape index (κ2) is 5.36. The number of hydrogen-bond donors (Lipinski definition) is 1. The minimum Gasteiger partial charge on any atom is -0.389 e. The molecule has 0 aliphatic rings. The average molecular weight is 271 g/mol. The minimum atomic E-state index is 0.375. The number of nitrogens with zero attached hydrogens (tertiary/aromatic N) is 2. The van der Waals surface area contributed by atoms with E-state index in [0.717, 1.165) is 22.6 Å². The van der Waals surface area contributed by atoms with Crippen LogP contribution in [0.4, 0.5) is 11.5 Å². The van der Waals surface area contributed by atoms with Crippen LogP contribution in [0, 0.1) is 13.8 Å². The van der Waals surface area contributed by atoms with Crippen molar-refractivity contribution in [3.8, 4) is 0 Å². The predicted octanol–water partition coefficient (Wildman–Crippen LogP) is 3.10. The lowest BCUT2D eigenvalue weighted by molar-refractivity contribution is 1.11. The Morgan fingerprint density at radius 1 is 1.26 bits per heavy atom. The van der Waals surface area contributed by atoms with Crippen LogP contribution in [0.3, 0.4) is 0 Å². The summed E-state index contributed by atoms with van der Waals surface area (Å²) in [5.74, 6) is 0.790. The molecular weight excluding hydrogens is 254 g/mol. The quantitative estimate of drug-likeness (QED) is 0.871. The predicted molar refractivity (Wildman–Crippen MR) is 84.1 cm³/mol. The molecule has 0 saturated heterocycles. The van der Waals surface area contributed by atoms with Gasteiger partial charge in [0.05, 0.1) is 5.56 Å². The van der Waals surface area contributed by atoms with Crippen LogP contribution in [-0.4, -0.2) is 17.0 Å². The van der Waals surface area contributed by atoms with E-state index < -0.39 is 0 Å². The van der Waals surface area contributed by atoms with Gasteiger partial charge in [-0.1, -0.05) is 24.4 Å². The summed E-state index contributed by atoms with van der Waals surface area (Å²) in [5.41, 5.74) is 9.97. The van der Waals surface area contributed by atoms with E-state index in [1.165, 1.54) is 5.56 Å².